The van der Waals surface area contributed by atoms with E-state index in [1.165, 1.54) is 0 Å². The van der Waals surface area contributed by atoms with E-state index in [-0.39, 0.29) is 58.9 Å². The van der Waals surface area contributed by atoms with Gasteiger partial charge in [-0.15, -0.1) is 42.8 Å². The van der Waals surface area contributed by atoms with E-state index in [1.54, 1.807) is 0 Å². The fourth-order valence-electron chi connectivity index (χ4n) is 1.77. The normalized spacial score (nSPS) is 8.38. The maximum Gasteiger partial charge on any atom is 0 e. The van der Waals surface area contributed by atoms with E-state index >= 15 is 0 Å². The monoisotopic (exact) mass is 461 g/mol. The van der Waals surface area contributed by atoms with Crippen molar-refractivity contribution in [1.82, 2.24) is 0 Å². The molecule has 0 heterocycles. The average Bonchev–Trinajstić information content (AvgIpc) is 3.25. The van der Waals surface area contributed by atoms with Crippen LogP contribution in [0.4, 0.5) is 0 Å². The summed E-state index contributed by atoms with van der Waals surface area (Å²) in [7, 11) is 0. The van der Waals surface area contributed by atoms with Crippen LogP contribution in [-0.4, -0.2) is 0 Å². The summed E-state index contributed by atoms with van der Waals surface area (Å²) in [6, 6.07) is 29.6. The molecule has 0 amide bonds. The molecule has 0 bridgehead atoms. The summed E-state index contributed by atoms with van der Waals surface area (Å²) < 4.78 is 0. The Hall–Kier alpha value is -2.54. The molecule has 4 rings (SSSR count). The Labute approximate surface area is 217 Å². The zero-order valence-corrected chi connectivity index (χ0v) is 22.3. The van der Waals surface area contributed by atoms with E-state index in [0.717, 1.165) is 23.1 Å². The van der Waals surface area contributed by atoms with Crippen LogP contribution in [0.3, 0.4) is 0 Å². The van der Waals surface area contributed by atoms with Crippen LogP contribution in [0.25, 0.3) is 0 Å². The van der Waals surface area contributed by atoms with E-state index < -0.39 is 0 Å². The van der Waals surface area contributed by atoms with Crippen LogP contribution in [0.15, 0.2) is 109 Å². The molecule has 0 fully saturated rings. The first-order valence-corrected chi connectivity index (χ1v) is 8.51. The molecule has 0 nitrogen and oxygen atoms in total. The molecule has 0 spiro atoms. The van der Waals surface area contributed by atoms with Crippen molar-refractivity contribution in [1.29, 1.82) is 0 Å². The second-order valence-corrected chi connectivity index (χ2v) is 5.46. The molecule has 0 unspecified atom stereocenters. The first-order valence-electron chi connectivity index (χ1n) is 8.51. The van der Waals surface area contributed by atoms with Gasteiger partial charge in [0.2, 0.25) is 0 Å². The summed E-state index contributed by atoms with van der Waals surface area (Å²) in [6.45, 7) is 11.2. The Morgan fingerprint density at radius 1 is 0.500 bits per heavy atom. The van der Waals surface area contributed by atoms with E-state index in [2.05, 4.69) is 32.9 Å². The van der Waals surface area contributed by atoms with Gasteiger partial charge < -0.3 is 37.1 Å². The quantitative estimate of drug-likeness (QED) is 0.231. The van der Waals surface area contributed by atoms with Crippen molar-refractivity contribution < 1.29 is 21.7 Å². The SMILES string of the molecule is [C-]1=CC=CC1.[CH2-]c1ccccc1.[CH2-]c1ccccc1.[CH2-]c1ccccc1.[CH3-].[CH3-].[CH3-].[CH3-].[CH3-].[Ti]. The summed E-state index contributed by atoms with van der Waals surface area (Å²) in [6.07, 6.45) is 10.0. The minimum Gasteiger partial charge on any atom is -0.358 e. The standard InChI is InChI=1S/3C7H7.C5H5.5CH3.Ti/c3*1-7-5-3-2-4-6-7;1-2-4-5-3-1;;;;;;/h3*2-6H,1H2;1-3H,4H2;5*1H3;/q9*-1;. The minimum absolute atomic E-state index is 0. The second-order valence-electron chi connectivity index (χ2n) is 5.46. The first-order chi connectivity index (χ1) is 12.7. The predicted octanol–water partition coefficient (Wildman–Crippen LogP) is 9.16. The Balaban J connectivity index is -0.0000000666. The third-order valence-corrected chi connectivity index (χ3v) is 3.11. The van der Waals surface area contributed by atoms with Crippen LogP contribution in [-0.2, 0) is 21.7 Å². The molecule has 1 aliphatic rings. The smallest absolute Gasteiger partial charge is 0 e. The van der Waals surface area contributed by atoms with Gasteiger partial charge >= 0.3 is 0 Å². The van der Waals surface area contributed by atoms with Crippen molar-refractivity contribution in [2.45, 2.75) is 6.42 Å². The van der Waals surface area contributed by atoms with Crippen molar-refractivity contribution in [3.8, 4) is 0 Å². The Kier molecular flexibility index (Phi) is 41.5. The van der Waals surface area contributed by atoms with Crippen molar-refractivity contribution in [3.05, 3.63) is 190 Å². The molecule has 32 heavy (non-hydrogen) atoms. The van der Waals surface area contributed by atoms with Gasteiger partial charge in [-0.1, -0.05) is 18.2 Å². The van der Waals surface area contributed by atoms with Crippen LogP contribution in [0.1, 0.15) is 23.1 Å². The predicted molar refractivity (Wildman–Crippen MR) is 146 cm³/mol. The van der Waals surface area contributed by atoms with Crippen LogP contribution in [0.5, 0.6) is 0 Å². The summed E-state index contributed by atoms with van der Waals surface area (Å²) >= 11 is 0. The van der Waals surface area contributed by atoms with Crippen LogP contribution in [0.2, 0.25) is 0 Å². The van der Waals surface area contributed by atoms with Crippen LogP contribution < -0.4 is 0 Å². The third-order valence-electron chi connectivity index (χ3n) is 3.11. The number of allylic oxidation sites excluding steroid dienone is 4. The number of hydrogen-bond acceptors (Lipinski definition) is 0. The van der Waals surface area contributed by atoms with Gasteiger partial charge in [0.1, 0.15) is 0 Å². The number of benzene rings is 3. The van der Waals surface area contributed by atoms with Crippen molar-refractivity contribution in [3.63, 3.8) is 0 Å². The molecule has 0 radical (unpaired) electrons. The molecule has 0 atom stereocenters. The molecule has 0 N–H and O–H groups in total. The van der Waals surface area contributed by atoms with Gasteiger partial charge in [-0.2, -0.15) is 79.9 Å². The Morgan fingerprint density at radius 3 is 0.875 bits per heavy atom. The molecule has 3 aromatic rings. The molecule has 3 aromatic carbocycles. The number of rotatable bonds is 0. The van der Waals surface area contributed by atoms with Gasteiger partial charge in [-0.3, -0.25) is 6.08 Å². The summed E-state index contributed by atoms with van der Waals surface area (Å²) in [4.78, 5) is 0. The van der Waals surface area contributed by atoms with Crippen molar-refractivity contribution in [2.75, 3.05) is 0 Å². The third kappa shape index (κ3) is 27.5. The summed E-state index contributed by atoms with van der Waals surface area (Å²) in [5.74, 6) is 0. The van der Waals surface area contributed by atoms with Crippen molar-refractivity contribution >= 4 is 0 Å². The molecular weight excluding hydrogens is 420 g/mol. The van der Waals surface area contributed by atoms with Gasteiger partial charge in [-0.25, -0.2) is 12.2 Å². The average molecular weight is 462 g/mol. The fourth-order valence-corrected chi connectivity index (χ4v) is 1.77. The molecule has 1 heteroatoms. The first kappa shape index (κ1) is 43.4. The van der Waals surface area contributed by atoms with Crippen LogP contribution >= 0.6 is 0 Å². The Bertz CT molecular complexity index is 630. The molecule has 0 aliphatic heterocycles. The molecule has 178 valence electrons. The zero-order chi connectivity index (χ0) is 18.9. The van der Waals surface area contributed by atoms with Gasteiger partial charge in [-0.05, 0) is 0 Å². The zero-order valence-electron chi connectivity index (χ0n) is 20.7. The van der Waals surface area contributed by atoms with Crippen molar-refractivity contribution in [2.24, 2.45) is 0 Å². The summed E-state index contributed by atoms with van der Waals surface area (Å²) in [5.41, 5.74) is 3.22. The molecule has 0 saturated heterocycles. The molecule has 1 aliphatic carbocycles. The minimum atomic E-state index is 0. The van der Waals surface area contributed by atoms with E-state index in [9.17, 15) is 0 Å². The maximum atomic E-state index is 3.72. The van der Waals surface area contributed by atoms with Gasteiger partial charge in [0, 0.05) is 21.7 Å². The summed E-state index contributed by atoms with van der Waals surface area (Å²) in [5, 5.41) is 0. The fraction of sp³-hybridized carbons (Fsp3) is 0.0323. The topological polar surface area (TPSA) is 0 Å². The van der Waals surface area contributed by atoms with Gasteiger partial charge in [0.05, 0.1) is 0 Å². The van der Waals surface area contributed by atoms with Crippen LogP contribution in [0, 0.1) is 64.0 Å². The largest absolute Gasteiger partial charge is 0.358 e. The maximum absolute atomic E-state index is 3.72. The second kappa shape index (κ2) is 30.7. The van der Waals surface area contributed by atoms with Gasteiger partial charge in [0.15, 0.2) is 0 Å². The Morgan fingerprint density at radius 2 is 0.781 bits per heavy atom. The molecule has 0 saturated carbocycles. The molecule has 0 aromatic heterocycles. The van der Waals surface area contributed by atoms with E-state index in [4.69, 9.17) is 0 Å². The number of hydrogen-bond donors (Lipinski definition) is 0. The van der Waals surface area contributed by atoms with E-state index in [1.807, 2.05) is 103 Å². The van der Waals surface area contributed by atoms with E-state index in [0.29, 0.717) is 0 Å². The molecular formula is C31H41Ti-9. The van der Waals surface area contributed by atoms with Gasteiger partial charge in [0.25, 0.3) is 0 Å².